The van der Waals surface area contributed by atoms with E-state index < -0.39 is 0 Å². The van der Waals surface area contributed by atoms with Gasteiger partial charge in [-0.15, -0.1) is 12.4 Å². The molecule has 1 aliphatic heterocycles. The van der Waals surface area contributed by atoms with Gasteiger partial charge in [0.2, 0.25) is 0 Å². The zero-order chi connectivity index (χ0) is 14.8. The number of rotatable bonds is 3. The van der Waals surface area contributed by atoms with Gasteiger partial charge in [-0.25, -0.2) is 0 Å². The van der Waals surface area contributed by atoms with Crippen molar-refractivity contribution in [2.75, 3.05) is 26.4 Å². The first kappa shape index (κ1) is 16.7. The van der Waals surface area contributed by atoms with Crippen LogP contribution in [0.25, 0.3) is 0 Å². The predicted octanol–water partition coefficient (Wildman–Crippen LogP) is 3.47. The maximum Gasteiger partial charge on any atom is 0.119 e. The molecule has 1 heterocycles. The van der Waals surface area contributed by atoms with Crippen LogP contribution in [0.1, 0.15) is 22.7 Å². The highest BCUT2D eigenvalue weighted by atomic mass is 35.5. The van der Waals surface area contributed by atoms with Crippen LogP contribution in [-0.2, 0) is 12.8 Å². The Morgan fingerprint density at radius 1 is 1.23 bits per heavy atom. The number of nitrogens with two attached hydrogens (primary N) is 1. The lowest BCUT2D eigenvalue weighted by Gasteiger charge is -2.35. The molecule has 2 aromatic rings. The van der Waals surface area contributed by atoms with Gasteiger partial charge in [-0.2, -0.15) is 0 Å². The van der Waals surface area contributed by atoms with E-state index >= 15 is 0 Å². The summed E-state index contributed by atoms with van der Waals surface area (Å²) in [5, 5.41) is 0. The van der Waals surface area contributed by atoms with Gasteiger partial charge in [0.1, 0.15) is 5.75 Å². The van der Waals surface area contributed by atoms with E-state index in [4.69, 9.17) is 10.5 Å². The predicted molar refractivity (Wildman–Crippen MR) is 93.9 cm³/mol. The Labute approximate surface area is 138 Å². The summed E-state index contributed by atoms with van der Waals surface area (Å²) >= 11 is 0. The summed E-state index contributed by atoms with van der Waals surface area (Å²) in [7, 11) is 3.88. The number of hydrogen-bond donors (Lipinski definition) is 1. The molecule has 0 saturated heterocycles. The van der Waals surface area contributed by atoms with Crippen molar-refractivity contribution < 1.29 is 4.74 Å². The molecule has 0 radical (unpaired) electrons. The Morgan fingerprint density at radius 2 is 2.00 bits per heavy atom. The summed E-state index contributed by atoms with van der Waals surface area (Å²) in [6.45, 7) is 1.09. The van der Waals surface area contributed by atoms with Gasteiger partial charge in [0.05, 0.1) is 7.11 Å². The second-order valence-electron chi connectivity index (χ2n) is 5.71. The number of fused-ring (bicyclic) bond motifs is 1. The Hall–Kier alpha value is -1.71. The third kappa shape index (κ3) is 3.21. The first-order chi connectivity index (χ1) is 10.2. The lowest BCUT2D eigenvalue weighted by molar-refractivity contribution is 0.229. The van der Waals surface area contributed by atoms with Crippen molar-refractivity contribution in [3.63, 3.8) is 0 Å². The molecule has 0 bridgehead atoms. The Kier molecular flexibility index (Phi) is 5.33. The zero-order valence-electron chi connectivity index (χ0n) is 13.1. The molecule has 118 valence electrons. The SMILES string of the molecule is COc1ccc(N)c(CC2c3ccccc3CCN2C)c1.Cl. The number of nitrogens with zero attached hydrogens (tertiary/aromatic N) is 1. The van der Waals surface area contributed by atoms with Crippen LogP contribution >= 0.6 is 12.4 Å². The summed E-state index contributed by atoms with van der Waals surface area (Å²) in [6.07, 6.45) is 2.04. The normalized spacial score (nSPS) is 17.5. The number of nitrogen functional groups attached to an aromatic ring is 1. The monoisotopic (exact) mass is 318 g/mol. The minimum Gasteiger partial charge on any atom is -0.497 e. The number of anilines is 1. The van der Waals surface area contributed by atoms with Gasteiger partial charge in [-0.3, -0.25) is 4.90 Å². The molecule has 0 spiro atoms. The fraction of sp³-hybridized carbons (Fsp3) is 0.333. The average Bonchev–Trinajstić information content (AvgIpc) is 2.52. The van der Waals surface area contributed by atoms with E-state index in [-0.39, 0.29) is 12.4 Å². The zero-order valence-corrected chi connectivity index (χ0v) is 13.9. The van der Waals surface area contributed by atoms with E-state index in [9.17, 15) is 0 Å². The minimum atomic E-state index is 0. The van der Waals surface area contributed by atoms with Crippen LogP contribution in [0, 0.1) is 0 Å². The van der Waals surface area contributed by atoms with Crippen molar-refractivity contribution in [2.45, 2.75) is 18.9 Å². The van der Waals surface area contributed by atoms with E-state index in [0.29, 0.717) is 6.04 Å². The Morgan fingerprint density at radius 3 is 2.77 bits per heavy atom. The molecule has 1 unspecified atom stereocenters. The third-order valence-corrected chi connectivity index (χ3v) is 4.44. The van der Waals surface area contributed by atoms with Crippen molar-refractivity contribution in [2.24, 2.45) is 0 Å². The van der Waals surface area contributed by atoms with Gasteiger partial charge in [0, 0.05) is 18.3 Å². The van der Waals surface area contributed by atoms with E-state index in [1.54, 1.807) is 7.11 Å². The molecule has 0 aliphatic carbocycles. The smallest absolute Gasteiger partial charge is 0.119 e. The molecule has 0 aromatic heterocycles. The average molecular weight is 319 g/mol. The van der Waals surface area contributed by atoms with Crippen LogP contribution in [0.4, 0.5) is 5.69 Å². The first-order valence-electron chi connectivity index (χ1n) is 7.39. The quantitative estimate of drug-likeness (QED) is 0.881. The van der Waals surface area contributed by atoms with E-state index in [2.05, 4.69) is 42.3 Å². The Bertz CT molecular complexity index is 645. The fourth-order valence-corrected chi connectivity index (χ4v) is 3.14. The summed E-state index contributed by atoms with van der Waals surface area (Å²) in [5.74, 6) is 0.867. The van der Waals surface area contributed by atoms with Crippen LogP contribution in [-0.4, -0.2) is 25.6 Å². The third-order valence-electron chi connectivity index (χ3n) is 4.44. The van der Waals surface area contributed by atoms with Crippen LogP contribution < -0.4 is 10.5 Å². The van der Waals surface area contributed by atoms with E-state index in [0.717, 1.165) is 36.4 Å². The topological polar surface area (TPSA) is 38.5 Å². The molecule has 2 aromatic carbocycles. The van der Waals surface area contributed by atoms with Crippen molar-refractivity contribution in [3.05, 3.63) is 59.2 Å². The fourth-order valence-electron chi connectivity index (χ4n) is 3.14. The minimum absolute atomic E-state index is 0. The highest BCUT2D eigenvalue weighted by Gasteiger charge is 2.25. The van der Waals surface area contributed by atoms with Crippen LogP contribution in [0.3, 0.4) is 0 Å². The second-order valence-corrected chi connectivity index (χ2v) is 5.71. The number of benzene rings is 2. The molecule has 1 atom stereocenters. The second kappa shape index (κ2) is 7.03. The lowest BCUT2D eigenvalue weighted by atomic mass is 9.89. The van der Waals surface area contributed by atoms with Gasteiger partial charge in [0.25, 0.3) is 0 Å². The summed E-state index contributed by atoms with van der Waals surface area (Å²) < 4.78 is 5.33. The highest BCUT2D eigenvalue weighted by Crippen LogP contribution is 2.33. The van der Waals surface area contributed by atoms with Gasteiger partial charge in [-0.05, 0) is 54.8 Å². The number of halogens is 1. The molecule has 1 aliphatic rings. The van der Waals surface area contributed by atoms with Crippen LogP contribution in [0.5, 0.6) is 5.75 Å². The molecule has 0 amide bonds. The van der Waals surface area contributed by atoms with E-state index in [1.165, 1.54) is 11.1 Å². The molecule has 0 saturated carbocycles. The van der Waals surface area contributed by atoms with E-state index in [1.807, 2.05) is 12.1 Å². The number of methoxy groups -OCH3 is 1. The van der Waals surface area contributed by atoms with Crippen molar-refractivity contribution in [3.8, 4) is 5.75 Å². The Balaban J connectivity index is 0.00000176. The molecule has 3 nitrogen and oxygen atoms in total. The molecule has 0 fully saturated rings. The molecule has 2 N–H and O–H groups in total. The van der Waals surface area contributed by atoms with Crippen LogP contribution in [0.15, 0.2) is 42.5 Å². The summed E-state index contributed by atoms with van der Waals surface area (Å²) in [6, 6.07) is 15.0. The van der Waals surface area contributed by atoms with Gasteiger partial charge < -0.3 is 10.5 Å². The summed E-state index contributed by atoms with van der Waals surface area (Å²) in [5.41, 5.74) is 11.0. The van der Waals surface area contributed by atoms with Crippen molar-refractivity contribution >= 4 is 18.1 Å². The number of hydrogen-bond acceptors (Lipinski definition) is 3. The molecular formula is C18H23ClN2O. The standard InChI is InChI=1S/C18H22N2O.ClH/c1-20-10-9-13-5-3-4-6-16(13)18(20)12-14-11-15(21-2)7-8-17(14)19;/h3-8,11,18H,9-10,12,19H2,1-2H3;1H. The van der Waals surface area contributed by atoms with Crippen LogP contribution in [0.2, 0.25) is 0 Å². The summed E-state index contributed by atoms with van der Waals surface area (Å²) in [4.78, 5) is 2.42. The maximum atomic E-state index is 6.15. The van der Waals surface area contributed by atoms with Crippen molar-refractivity contribution in [1.82, 2.24) is 4.90 Å². The number of likely N-dealkylation sites (N-methyl/N-ethyl adjacent to an activating group) is 1. The number of ether oxygens (including phenoxy) is 1. The van der Waals surface area contributed by atoms with Crippen molar-refractivity contribution in [1.29, 1.82) is 0 Å². The lowest BCUT2D eigenvalue weighted by Crippen LogP contribution is -2.33. The molecule has 4 heteroatoms. The highest BCUT2D eigenvalue weighted by molar-refractivity contribution is 5.85. The van der Waals surface area contributed by atoms with Gasteiger partial charge >= 0.3 is 0 Å². The van der Waals surface area contributed by atoms with Gasteiger partial charge in [0.15, 0.2) is 0 Å². The maximum absolute atomic E-state index is 6.15. The van der Waals surface area contributed by atoms with Gasteiger partial charge in [-0.1, -0.05) is 24.3 Å². The first-order valence-corrected chi connectivity index (χ1v) is 7.39. The molecule has 22 heavy (non-hydrogen) atoms. The molecular weight excluding hydrogens is 296 g/mol. The largest absolute Gasteiger partial charge is 0.497 e. The molecule has 3 rings (SSSR count).